The van der Waals surface area contributed by atoms with Crippen molar-refractivity contribution in [2.75, 3.05) is 5.32 Å². The number of anilines is 1. The zero-order chi connectivity index (χ0) is 13.1. The van der Waals surface area contributed by atoms with Crippen LogP contribution in [-0.4, -0.2) is 5.91 Å². The molecule has 0 saturated heterocycles. The van der Waals surface area contributed by atoms with E-state index < -0.39 is 0 Å². The molecule has 1 amide bonds. The highest BCUT2D eigenvalue weighted by Gasteiger charge is 2.10. The molecular formula is C13H8BrClINO. The summed E-state index contributed by atoms with van der Waals surface area (Å²) in [5.41, 5.74) is 1.33. The molecule has 18 heavy (non-hydrogen) atoms. The fourth-order valence-electron chi connectivity index (χ4n) is 1.40. The van der Waals surface area contributed by atoms with Crippen LogP contribution in [0.3, 0.4) is 0 Å². The molecule has 1 N–H and O–H groups in total. The second-order valence-electron chi connectivity index (χ2n) is 3.59. The van der Waals surface area contributed by atoms with Gasteiger partial charge in [0.1, 0.15) is 0 Å². The zero-order valence-electron chi connectivity index (χ0n) is 9.08. The first-order chi connectivity index (χ1) is 8.56. The van der Waals surface area contributed by atoms with Crippen molar-refractivity contribution in [2.24, 2.45) is 0 Å². The number of hydrogen-bond acceptors (Lipinski definition) is 1. The first-order valence-corrected chi connectivity index (χ1v) is 7.33. The normalized spacial score (nSPS) is 10.2. The van der Waals surface area contributed by atoms with Crippen molar-refractivity contribution in [3.8, 4) is 0 Å². The SMILES string of the molecule is O=C(Nc1ccc(Cl)cc1)c1cc(I)ccc1Br. The third kappa shape index (κ3) is 3.46. The van der Waals surface area contributed by atoms with E-state index in [-0.39, 0.29) is 5.91 Å². The summed E-state index contributed by atoms with van der Waals surface area (Å²) in [6.45, 7) is 0. The molecule has 0 aliphatic heterocycles. The summed E-state index contributed by atoms with van der Waals surface area (Å²) in [4.78, 5) is 12.1. The predicted octanol–water partition coefficient (Wildman–Crippen LogP) is 4.96. The Hall–Kier alpha value is -0.590. The number of amides is 1. The maximum Gasteiger partial charge on any atom is 0.256 e. The summed E-state index contributed by atoms with van der Waals surface area (Å²) >= 11 is 11.3. The van der Waals surface area contributed by atoms with Crippen molar-refractivity contribution in [1.29, 1.82) is 0 Å². The summed E-state index contributed by atoms with van der Waals surface area (Å²) in [5.74, 6) is -0.150. The van der Waals surface area contributed by atoms with Crippen LogP contribution in [0.1, 0.15) is 10.4 Å². The van der Waals surface area contributed by atoms with E-state index in [1.807, 2.05) is 18.2 Å². The first-order valence-electron chi connectivity index (χ1n) is 5.08. The highest BCUT2D eigenvalue weighted by molar-refractivity contribution is 14.1. The van der Waals surface area contributed by atoms with E-state index in [4.69, 9.17) is 11.6 Å². The van der Waals surface area contributed by atoms with Crippen LogP contribution in [0.15, 0.2) is 46.9 Å². The molecule has 0 unspecified atom stereocenters. The monoisotopic (exact) mass is 435 g/mol. The topological polar surface area (TPSA) is 29.1 Å². The van der Waals surface area contributed by atoms with Crippen molar-refractivity contribution < 1.29 is 4.79 Å². The largest absolute Gasteiger partial charge is 0.322 e. The van der Waals surface area contributed by atoms with Gasteiger partial charge in [0.05, 0.1) is 5.56 Å². The Labute approximate surface area is 132 Å². The van der Waals surface area contributed by atoms with Gasteiger partial charge in [0.2, 0.25) is 0 Å². The van der Waals surface area contributed by atoms with Gasteiger partial charge in [-0.3, -0.25) is 4.79 Å². The second-order valence-corrected chi connectivity index (χ2v) is 6.12. The van der Waals surface area contributed by atoms with Crippen molar-refractivity contribution >= 4 is 61.7 Å². The van der Waals surface area contributed by atoms with Crippen LogP contribution in [0.4, 0.5) is 5.69 Å². The molecule has 0 bridgehead atoms. The van der Waals surface area contributed by atoms with Crippen LogP contribution in [0.5, 0.6) is 0 Å². The lowest BCUT2D eigenvalue weighted by molar-refractivity contribution is 0.102. The van der Waals surface area contributed by atoms with E-state index in [9.17, 15) is 4.79 Å². The third-order valence-electron chi connectivity index (χ3n) is 2.28. The minimum Gasteiger partial charge on any atom is -0.322 e. The number of hydrogen-bond donors (Lipinski definition) is 1. The van der Waals surface area contributed by atoms with Crippen LogP contribution >= 0.6 is 50.1 Å². The molecule has 0 heterocycles. The van der Waals surface area contributed by atoms with Gasteiger partial charge < -0.3 is 5.32 Å². The van der Waals surface area contributed by atoms with Gasteiger partial charge in [0, 0.05) is 18.8 Å². The molecule has 2 nitrogen and oxygen atoms in total. The van der Waals surface area contributed by atoms with Gasteiger partial charge in [-0.25, -0.2) is 0 Å². The summed E-state index contributed by atoms with van der Waals surface area (Å²) in [6, 6.07) is 12.6. The second kappa shape index (κ2) is 6.04. The van der Waals surface area contributed by atoms with Crippen molar-refractivity contribution in [2.45, 2.75) is 0 Å². The molecule has 0 atom stereocenters. The van der Waals surface area contributed by atoms with Gasteiger partial charge in [-0.1, -0.05) is 11.6 Å². The summed E-state index contributed by atoms with van der Waals surface area (Å²) < 4.78 is 1.78. The summed E-state index contributed by atoms with van der Waals surface area (Å²) in [6.07, 6.45) is 0. The minimum atomic E-state index is -0.150. The Morgan fingerprint density at radius 3 is 2.50 bits per heavy atom. The van der Waals surface area contributed by atoms with Crippen molar-refractivity contribution in [3.05, 3.63) is 61.1 Å². The number of nitrogens with one attached hydrogen (secondary N) is 1. The summed E-state index contributed by atoms with van der Waals surface area (Å²) in [5, 5.41) is 3.46. The van der Waals surface area contributed by atoms with Gasteiger partial charge in [-0.2, -0.15) is 0 Å². The number of halogens is 3. The van der Waals surface area contributed by atoms with Gasteiger partial charge in [0.25, 0.3) is 5.91 Å². The van der Waals surface area contributed by atoms with E-state index >= 15 is 0 Å². The average molecular weight is 436 g/mol. The number of benzene rings is 2. The maximum absolute atomic E-state index is 12.1. The third-order valence-corrected chi connectivity index (χ3v) is 3.89. The molecule has 2 aromatic rings. The van der Waals surface area contributed by atoms with Crippen LogP contribution in [-0.2, 0) is 0 Å². The number of rotatable bonds is 2. The van der Waals surface area contributed by atoms with Crippen LogP contribution in [0.25, 0.3) is 0 Å². The lowest BCUT2D eigenvalue weighted by Gasteiger charge is -2.07. The van der Waals surface area contributed by atoms with E-state index in [1.165, 1.54) is 0 Å². The van der Waals surface area contributed by atoms with E-state index in [1.54, 1.807) is 24.3 Å². The molecule has 0 aliphatic rings. The molecule has 0 fully saturated rings. The Morgan fingerprint density at radius 1 is 1.17 bits per heavy atom. The lowest BCUT2D eigenvalue weighted by Crippen LogP contribution is -2.12. The molecule has 2 aromatic carbocycles. The van der Waals surface area contributed by atoms with Crippen molar-refractivity contribution in [1.82, 2.24) is 0 Å². The maximum atomic E-state index is 12.1. The average Bonchev–Trinajstić information content (AvgIpc) is 2.35. The van der Waals surface area contributed by atoms with E-state index in [0.29, 0.717) is 10.6 Å². The molecule has 2 rings (SSSR count). The van der Waals surface area contributed by atoms with Crippen LogP contribution in [0, 0.1) is 3.57 Å². The van der Waals surface area contributed by atoms with Gasteiger partial charge in [-0.15, -0.1) is 0 Å². The van der Waals surface area contributed by atoms with Gasteiger partial charge in [0.15, 0.2) is 0 Å². The molecule has 0 aliphatic carbocycles. The lowest BCUT2D eigenvalue weighted by atomic mass is 10.2. The van der Waals surface area contributed by atoms with E-state index in [2.05, 4.69) is 43.8 Å². The van der Waals surface area contributed by atoms with E-state index in [0.717, 1.165) is 13.7 Å². The van der Waals surface area contributed by atoms with Crippen LogP contribution in [0.2, 0.25) is 5.02 Å². The highest BCUT2D eigenvalue weighted by atomic mass is 127. The number of carbonyl (C=O) groups excluding carboxylic acids is 1. The standard InChI is InChI=1S/C13H8BrClINO/c14-12-6-3-9(16)7-11(12)13(18)17-10-4-1-8(15)2-5-10/h1-7H,(H,17,18). The molecule has 5 heteroatoms. The fourth-order valence-corrected chi connectivity index (χ4v) is 2.45. The fraction of sp³-hybridized carbons (Fsp3) is 0. The van der Waals surface area contributed by atoms with Gasteiger partial charge >= 0.3 is 0 Å². The number of carbonyl (C=O) groups is 1. The smallest absolute Gasteiger partial charge is 0.256 e. The Bertz CT molecular complexity index is 586. The quantitative estimate of drug-likeness (QED) is 0.663. The minimum absolute atomic E-state index is 0.150. The molecule has 0 saturated carbocycles. The zero-order valence-corrected chi connectivity index (χ0v) is 13.6. The Balaban J connectivity index is 2.21. The van der Waals surface area contributed by atoms with Crippen molar-refractivity contribution in [3.63, 3.8) is 0 Å². The first kappa shape index (κ1) is 13.8. The molecular weight excluding hydrogens is 428 g/mol. The van der Waals surface area contributed by atoms with Crippen LogP contribution < -0.4 is 5.32 Å². The predicted molar refractivity (Wildman–Crippen MR) is 86.3 cm³/mol. The molecule has 0 spiro atoms. The summed E-state index contributed by atoms with van der Waals surface area (Å²) in [7, 11) is 0. The Kier molecular flexibility index (Phi) is 4.64. The molecule has 0 aromatic heterocycles. The molecule has 0 radical (unpaired) electrons. The van der Waals surface area contributed by atoms with Gasteiger partial charge in [-0.05, 0) is 81.0 Å². The highest BCUT2D eigenvalue weighted by Crippen LogP contribution is 2.21. The Morgan fingerprint density at radius 2 is 1.83 bits per heavy atom. The molecule has 92 valence electrons.